The summed E-state index contributed by atoms with van der Waals surface area (Å²) in [4.78, 5) is 44.9. The van der Waals surface area contributed by atoms with E-state index in [4.69, 9.17) is 0 Å². The number of imide groups is 1. The predicted octanol–water partition coefficient (Wildman–Crippen LogP) is 0.997. The van der Waals surface area contributed by atoms with Crippen LogP contribution in [0.2, 0.25) is 0 Å². The van der Waals surface area contributed by atoms with Crippen LogP contribution in [-0.2, 0) is 15.0 Å². The minimum absolute atomic E-state index is 0.0718. The van der Waals surface area contributed by atoms with Gasteiger partial charge in [-0.3, -0.25) is 14.5 Å². The van der Waals surface area contributed by atoms with Gasteiger partial charge in [0.1, 0.15) is 6.54 Å². The van der Waals surface area contributed by atoms with E-state index in [1.807, 2.05) is 24.3 Å². The second kappa shape index (κ2) is 7.65. The van der Waals surface area contributed by atoms with Gasteiger partial charge in [0.05, 0.1) is 12.6 Å². The molecule has 2 heterocycles. The molecule has 0 saturated carbocycles. The van der Waals surface area contributed by atoms with E-state index in [0.29, 0.717) is 0 Å². The van der Waals surface area contributed by atoms with Gasteiger partial charge in [-0.25, -0.2) is 15.2 Å². The Bertz CT molecular complexity index is 871. The third-order valence-electron chi connectivity index (χ3n) is 5.08. The Kier molecular flexibility index (Phi) is 5.41. The molecule has 0 spiro atoms. The lowest BCUT2D eigenvalue weighted by molar-refractivity contribution is -0.136. The highest BCUT2D eigenvalue weighted by atomic mass is 16.2. The van der Waals surface area contributed by atoms with Crippen molar-refractivity contribution >= 4 is 30.4 Å². The minimum Gasteiger partial charge on any atom is -0.338 e. The molecule has 3 rings (SSSR count). The molecule has 2 atom stereocenters. The Hall–Kier alpha value is -3.23. The van der Waals surface area contributed by atoms with Gasteiger partial charge in [-0.1, -0.05) is 45.0 Å². The zero-order valence-corrected chi connectivity index (χ0v) is 17.3. The first kappa shape index (κ1) is 20.5. The number of likely N-dealkylation sites (N-methyl/N-ethyl adjacent to an activating group) is 2. The predicted molar refractivity (Wildman–Crippen MR) is 110 cm³/mol. The molecule has 9 heteroatoms. The van der Waals surface area contributed by atoms with Gasteiger partial charge >= 0.3 is 6.03 Å². The molecule has 2 aliphatic rings. The number of amides is 4. The maximum Gasteiger partial charge on any atom is 0.328 e. The van der Waals surface area contributed by atoms with Crippen LogP contribution in [0.25, 0.3) is 0 Å². The van der Waals surface area contributed by atoms with Crippen LogP contribution in [-0.4, -0.2) is 77.9 Å². The summed E-state index contributed by atoms with van der Waals surface area (Å²) in [5.41, 5.74) is 4.62. The van der Waals surface area contributed by atoms with E-state index in [0.717, 1.165) is 10.5 Å². The average molecular weight is 398 g/mol. The second-order valence-electron chi connectivity index (χ2n) is 8.25. The number of nitrogens with zero attached hydrogens (tertiary/aromatic N) is 5. The van der Waals surface area contributed by atoms with Gasteiger partial charge in [0, 0.05) is 14.1 Å². The van der Waals surface area contributed by atoms with Crippen LogP contribution in [0, 0.1) is 0 Å². The molecule has 0 aliphatic carbocycles. The van der Waals surface area contributed by atoms with Crippen molar-refractivity contribution in [1.82, 2.24) is 20.1 Å². The molecule has 4 amide bonds. The number of hydrogen-bond donors (Lipinski definition) is 1. The standard InChI is InChI=1S/C20H26N6O3/c1-20(2,3)14-8-6-13(7-9-14)10-22-23-15(27)11-26-12-21-17-16(26)18(28)25(5)19(29)24(17)4/h6-10,12,16-17H,11H2,1-5H3,(H,23,27)/b22-10+. The number of hydrogen-bond acceptors (Lipinski definition) is 6. The van der Waals surface area contributed by atoms with Crippen LogP contribution in [0.4, 0.5) is 4.79 Å². The lowest BCUT2D eigenvalue weighted by atomic mass is 9.87. The van der Waals surface area contributed by atoms with Gasteiger partial charge in [0.15, 0.2) is 12.2 Å². The smallest absolute Gasteiger partial charge is 0.328 e. The van der Waals surface area contributed by atoms with E-state index >= 15 is 0 Å². The molecule has 9 nitrogen and oxygen atoms in total. The number of urea groups is 1. The Balaban J connectivity index is 1.57. The molecule has 1 N–H and O–H groups in total. The lowest BCUT2D eigenvalue weighted by Gasteiger charge is -2.39. The third kappa shape index (κ3) is 4.13. The summed E-state index contributed by atoms with van der Waals surface area (Å²) in [6.07, 6.45) is 2.38. The van der Waals surface area contributed by atoms with E-state index < -0.39 is 18.2 Å². The first-order valence-corrected chi connectivity index (χ1v) is 9.35. The molecule has 1 aromatic rings. The van der Waals surface area contributed by atoms with Crippen molar-refractivity contribution in [3.05, 3.63) is 35.4 Å². The van der Waals surface area contributed by atoms with E-state index in [1.54, 1.807) is 13.3 Å². The van der Waals surface area contributed by atoms with Crippen LogP contribution in [0.3, 0.4) is 0 Å². The van der Waals surface area contributed by atoms with Crippen molar-refractivity contribution in [2.24, 2.45) is 10.1 Å². The van der Waals surface area contributed by atoms with Gasteiger partial charge in [0.2, 0.25) is 0 Å². The molecule has 29 heavy (non-hydrogen) atoms. The molecule has 2 unspecified atom stereocenters. The van der Waals surface area contributed by atoms with Crippen molar-refractivity contribution in [3.8, 4) is 0 Å². The topological polar surface area (TPSA) is 97.7 Å². The summed E-state index contributed by atoms with van der Waals surface area (Å²) in [7, 11) is 3.00. The van der Waals surface area contributed by atoms with E-state index in [1.165, 1.54) is 28.7 Å². The Labute approximate surface area is 170 Å². The van der Waals surface area contributed by atoms with E-state index in [2.05, 4.69) is 36.3 Å². The highest BCUT2D eigenvalue weighted by molar-refractivity contribution is 6.02. The molecule has 0 radical (unpaired) electrons. The summed E-state index contributed by atoms with van der Waals surface area (Å²) >= 11 is 0. The monoisotopic (exact) mass is 398 g/mol. The summed E-state index contributed by atoms with van der Waals surface area (Å²) < 4.78 is 0. The molecule has 0 aromatic heterocycles. The zero-order chi connectivity index (χ0) is 21.3. The molecule has 2 aliphatic heterocycles. The first-order chi connectivity index (χ1) is 13.6. The summed E-state index contributed by atoms with van der Waals surface area (Å²) in [6, 6.07) is 6.83. The molecular formula is C20H26N6O3. The fourth-order valence-corrected chi connectivity index (χ4v) is 3.29. The van der Waals surface area contributed by atoms with Gasteiger partial charge in [-0.05, 0) is 16.5 Å². The van der Waals surface area contributed by atoms with Crippen LogP contribution in [0.1, 0.15) is 31.9 Å². The summed E-state index contributed by atoms with van der Waals surface area (Å²) in [6.45, 7) is 6.34. The normalized spacial score (nSPS) is 21.9. The van der Waals surface area contributed by atoms with E-state index in [-0.39, 0.29) is 23.8 Å². The number of fused-ring (bicyclic) bond motifs is 1. The number of benzene rings is 1. The minimum atomic E-state index is -0.706. The molecular weight excluding hydrogens is 372 g/mol. The number of hydrazone groups is 1. The molecule has 154 valence electrons. The Morgan fingerprint density at radius 2 is 1.86 bits per heavy atom. The number of carbonyl (C=O) groups is 3. The molecule has 1 fully saturated rings. The van der Waals surface area contributed by atoms with Crippen molar-refractivity contribution in [2.45, 2.75) is 38.4 Å². The Morgan fingerprint density at radius 1 is 1.21 bits per heavy atom. The second-order valence-corrected chi connectivity index (χ2v) is 8.25. The van der Waals surface area contributed by atoms with Crippen molar-refractivity contribution in [3.63, 3.8) is 0 Å². The molecule has 1 saturated heterocycles. The molecule has 0 bridgehead atoms. The maximum atomic E-state index is 12.4. The average Bonchev–Trinajstić information content (AvgIpc) is 3.08. The molecule has 1 aromatic carbocycles. The zero-order valence-electron chi connectivity index (χ0n) is 17.3. The van der Waals surface area contributed by atoms with Crippen LogP contribution < -0.4 is 5.43 Å². The Morgan fingerprint density at radius 3 is 2.48 bits per heavy atom. The van der Waals surface area contributed by atoms with Crippen molar-refractivity contribution < 1.29 is 14.4 Å². The first-order valence-electron chi connectivity index (χ1n) is 9.35. The van der Waals surface area contributed by atoms with Crippen LogP contribution in [0.5, 0.6) is 0 Å². The van der Waals surface area contributed by atoms with Crippen molar-refractivity contribution in [1.29, 1.82) is 0 Å². The van der Waals surface area contributed by atoms with Gasteiger partial charge in [0.25, 0.3) is 11.8 Å². The van der Waals surface area contributed by atoms with Gasteiger partial charge in [-0.2, -0.15) is 5.10 Å². The summed E-state index contributed by atoms with van der Waals surface area (Å²) in [5.74, 6) is -0.763. The quantitative estimate of drug-likeness (QED) is 0.604. The number of nitrogens with one attached hydrogen (secondary N) is 1. The summed E-state index contributed by atoms with van der Waals surface area (Å²) in [5, 5.41) is 3.98. The van der Waals surface area contributed by atoms with Crippen LogP contribution in [0.15, 0.2) is 34.4 Å². The number of rotatable bonds is 4. The number of aliphatic imine (C=N–C) groups is 1. The van der Waals surface area contributed by atoms with Gasteiger partial charge in [-0.15, -0.1) is 0 Å². The van der Waals surface area contributed by atoms with Crippen LogP contribution >= 0.6 is 0 Å². The van der Waals surface area contributed by atoms with Gasteiger partial charge < -0.3 is 9.80 Å². The van der Waals surface area contributed by atoms with Crippen molar-refractivity contribution in [2.75, 3.05) is 20.6 Å². The fraction of sp³-hybridized carbons (Fsp3) is 0.450. The van der Waals surface area contributed by atoms with E-state index in [9.17, 15) is 14.4 Å². The highest BCUT2D eigenvalue weighted by Gasteiger charge is 2.48. The largest absolute Gasteiger partial charge is 0.338 e. The highest BCUT2D eigenvalue weighted by Crippen LogP contribution is 2.24. The number of carbonyl (C=O) groups excluding carboxylic acids is 3. The lowest BCUT2D eigenvalue weighted by Crippen LogP contribution is -2.64. The maximum absolute atomic E-state index is 12.4. The SMILES string of the molecule is CN1C(=O)C2C(N=CN2CC(=O)N/N=C/c2ccc(C(C)(C)C)cc2)N(C)C1=O. The fourth-order valence-electron chi connectivity index (χ4n) is 3.29. The third-order valence-corrected chi connectivity index (χ3v) is 5.08.